The van der Waals surface area contributed by atoms with Crippen molar-refractivity contribution in [3.8, 4) is 0 Å². The third-order valence-electron chi connectivity index (χ3n) is 2.54. The zero-order valence-electron chi connectivity index (χ0n) is 10.4. The number of aliphatic hydroxyl groups excluding tert-OH is 1. The number of amides is 1. The maximum absolute atomic E-state index is 12.3. The highest BCUT2D eigenvalue weighted by molar-refractivity contribution is 5.93. The molecule has 0 bridgehead atoms. The number of carbonyl (C=O) groups is 1. The molecule has 0 aliphatic rings. The number of rotatable bonds is 4. The number of anilines is 1. The minimum Gasteiger partial charge on any atom is -0.396 e. The molecular formula is C12H11F6NO2. The third kappa shape index (κ3) is 4.92. The van der Waals surface area contributed by atoms with E-state index in [2.05, 4.69) is 0 Å². The lowest BCUT2D eigenvalue weighted by Gasteiger charge is -2.22. The van der Waals surface area contributed by atoms with Crippen LogP contribution in [0.25, 0.3) is 0 Å². The monoisotopic (exact) mass is 315 g/mol. The lowest BCUT2D eigenvalue weighted by Crippen LogP contribution is -2.45. The van der Waals surface area contributed by atoms with Crippen LogP contribution in [0, 0.1) is 5.92 Å². The van der Waals surface area contributed by atoms with E-state index in [0.29, 0.717) is 5.56 Å². The molecule has 1 aromatic carbocycles. The van der Waals surface area contributed by atoms with Gasteiger partial charge in [0.25, 0.3) is 0 Å². The molecule has 0 unspecified atom stereocenters. The third-order valence-corrected chi connectivity index (χ3v) is 2.54. The van der Waals surface area contributed by atoms with Gasteiger partial charge in [-0.2, -0.15) is 26.3 Å². The zero-order chi connectivity index (χ0) is 16.3. The molecular weight excluding hydrogens is 304 g/mol. The molecule has 118 valence electrons. The minimum atomic E-state index is -5.72. The fourth-order valence-electron chi connectivity index (χ4n) is 1.58. The Labute approximate surface area is 115 Å². The van der Waals surface area contributed by atoms with Gasteiger partial charge in [0.15, 0.2) is 0 Å². The molecule has 0 aliphatic carbocycles. The van der Waals surface area contributed by atoms with E-state index in [4.69, 9.17) is 5.11 Å². The summed E-state index contributed by atoms with van der Waals surface area (Å²) in [6.07, 6.45) is -11.2. The second kappa shape index (κ2) is 6.33. The minimum absolute atomic E-state index is 0.157. The van der Waals surface area contributed by atoms with Crippen molar-refractivity contribution in [2.45, 2.75) is 18.8 Å². The number of halogens is 6. The van der Waals surface area contributed by atoms with Gasteiger partial charge < -0.3 is 10.4 Å². The summed E-state index contributed by atoms with van der Waals surface area (Å²) in [5, 5.41) is 10.2. The summed E-state index contributed by atoms with van der Waals surface area (Å²) in [5.41, 5.74) is 0.430. The predicted molar refractivity (Wildman–Crippen MR) is 61.5 cm³/mol. The summed E-state index contributed by atoms with van der Waals surface area (Å²) in [6.45, 7) is -0.157. The molecule has 0 aliphatic heterocycles. The van der Waals surface area contributed by atoms with Crippen molar-refractivity contribution in [2.24, 2.45) is 5.92 Å². The molecule has 0 fully saturated rings. The SMILES string of the molecule is O=C(Nc1ccc(CCO)cc1)C(C(F)(F)F)C(F)(F)F. The van der Waals surface area contributed by atoms with Gasteiger partial charge in [0.1, 0.15) is 0 Å². The predicted octanol–water partition coefficient (Wildman–Crippen LogP) is 2.90. The Morgan fingerprint density at radius 2 is 1.52 bits per heavy atom. The van der Waals surface area contributed by atoms with E-state index >= 15 is 0 Å². The normalized spacial score (nSPS) is 12.6. The van der Waals surface area contributed by atoms with Crippen LogP contribution in [-0.2, 0) is 11.2 Å². The largest absolute Gasteiger partial charge is 0.409 e. The number of aliphatic hydroxyl groups is 1. The molecule has 2 N–H and O–H groups in total. The maximum atomic E-state index is 12.3. The Balaban J connectivity index is 2.87. The van der Waals surface area contributed by atoms with Crippen molar-refractivity contribution >= 4 is 11.6 Å². The van der Waals surface area contributed by atoms with Gasteiger partial charge in [-0.3, -0.25) is 4.79 Å². The van der Waals surface area contributed by atoms with Crippen molar-refractivity contribution in [3.63, 3.8) is 0 Å². The summed E-state index contributed by atoms with van der Waals surface area (Å²) in [7, 11) is 0. The Morgan fingerprint density at radius 1 is 1.05 bits per heavy atom. The molecule has 0 atom stereocenters. The van der Waals surface area contributed by atoms with Gasteiger partial charge in [0.2, 0.25) is 11.8 Å². The topological polar surface area (TPSA) is 49.3 Å². The van der Waals surface area contributed by atoms with Gasteiger partial charge >= 0.3 is 12.4 Å². The van der Waals surface area contributed by atoms with Crippen LogP contribution in [-0.4, -0.2) is 30.0 Å². The quantitative estimate of drug-likeness (QED) is 0.840. The fraction of sp³-hybridized carbons (Fsp3) is 0.417. The smallest absolute Gasteiger partial charge is 0.396 e. The number of carbonyl (C=O) groups excluding carboxylic acids is 1. The van der Waals surface area contributed by atoms with Gasteiger partial charge in [0, 0.05) is 12.3 Å². The van der Waals surface area contributed by atoms with Crippen molar-refractivity contribution in [2.75, 3.05) is 11.9 Å². The van der Waals surface area contributed by atoms with Gasteiger partial charge in [-0.15, -0.1) is 0 Å². The molecule has 1 rings (SSSR count). The van der Waals surface area contributed by atoms with E-state index in [1.165, 1.54) is 12.1 Å². The summed E-state index contributed by atoms with van der Waals surface area (Å²) in [6, 6.07) is 5.07. The van der Waals surface area contributed by atoms with Crippen LogP contribution in [0.4, 0.5) is 32.0 Å². The Kier molecular flexibility index (Phi) is 5.21. The first kappa shape index (κ1) is 17.3. The number of alkyl halides is 6. The maximum Gasteiger partial charge on any atom is 0.409 e. The number of hydrogen-bond acceptors (Lipinski definition) is 2. The van der Waals surface area contributed by atoms with Crippen molar-refractivity contribution in [1.29, 1.82) is 0 Å². The van der Waals surface area contributed by atoms with E-state index in [1.54, 1.807) is 5.32 Å². The van der Waals surface area contributed by atoms with Crippen molar-refractivity contribution in [3.05, 3.63) is 29.8 Å². The lowest BCUT2D eigenvalue weighted by atomic mass is 10.1. The van der Waals surface area contributed by atoms with Gasteiger partial charge in [-0.25, -0.2) is 0 Å². The lowest BCUT2D eigenvalue weighted by molar-refractivity contribution is -0.272. The molecule has 21 heavy (non-hydrogen) atoms. The molecule has 0 saturated carbocycles. The number of hydrogen-bond donors (Lipinski definition) is 2. The molecule has 3 nitrogen and oxygen atoms in total. The van der Waals surface area contributed by atoms with Crippen LogP contribution in [0.1, 0.15) is 5.56 Å². The molecule has 0 saturated heterocycles. The first-order valence-electron chi connectivity index (χ1n) is 5.70. The fourth-order valence-corrected chi connectivity index (χ4v) is 1.58. The van der Waals surface area contributed by atoms with Crippen LogP contribution in [0.5, 0.6) is 0 Å². The zero-order valence-corrected chi connectivity index (χ0v) is 10.4. The van der Waals surface area contributed by atoms with Gasteiger partial charge in [-0.05, 0) is 24.1 Å². The molecule has 0 radical (unpaired) electrons. The average molecular weight is 315 g/mol. The van der Waals surface area contributed by atoms with E-state index in [1.807, 2.05) is 0 Å². The van der Waals surface area contributed by atoms with Crippen LogP contribution in [0.15, 0.2) is 24.3 Å². The van der Waals surface area contributed by atoms with E-state index < -0.39 is 24.2 Å². The van der Waals surface area contributed by atoms with Crippen LogP contribution in [0.3, 0.4) is 0 Å². The Hall–Kier alpha value is -1.77. The molecule has 9 heteroatoms. The van der Waals surface area contributed by atoms with Crippen LogP contribution >= 0.6 is 0 Å². The van der Waals surface area contributed by atoms with Crippen LogP contribution in [0.2, 0.25) is 0 Å². The molecule has 0 spiro atoms. The first-order chi connectivity index (χ1) is 9.55. The highest BCUT2D eigenvalue weighted by atomic mass is 19.4. The van der Waals surface area contributed by atoms with Gasteiger partial charge in [-0.1, -0.05) is 12.1 Å². The standard InChI is InChI=1S/C12H11F6NO2/c13-11(14,15)9(12(16,17)18)10(21)19-8-3-1-7(2-4-8)5-6-20/h1-4,9,20H,5-6H2,(H,19,21). The molecule has 1 amide bonds. The molecule has 0 heterocycles. The van der Waals surface area contributed by atoms with E-state index in [-0.39, 0.29) is 18.7 Å². The summed E-state index contributed by atoms with van der Waals surface area (Å²) in [5.74, 6) is -6.27. The highest BCUT2D eigenvalue weighted by Gasteiger charge is 2.61. The summed E-state index contributed by atoms with van der Waals surface area (Å²) < 4.78 is 74.0. The first-order valence-corrected chi connectivity index (χ1v) is 5.70. The average Bonchev–Trinajstić information content (AvgIpc) is 2.28. The second-order valence-corrected chi connectivity index (χ2v) is 4.18. The second-order valence-electron chi connectivity index (χ2n) is 4.18. The Morgan fingerprint density at radius 3 is 1.90 bits per heavy atom. The highest BCUT2D eigenvalue weighted by Crippen LogP contribution is 2.39. The van der Waals surface area contributed by atoms with Gasteiger partial charge in [0.05, 0.1) is 0 Å². The molecule has 1 aromatic rings. The van der Waals surface area contributed by atoms with Crippen molar-refractivity contribution in [1.82, 2.24) is 0 Å². The van der Waals surface area contributed by atoms with E-state index in [9.17, 15) is 31.1 Å². The summed E-state index contributed by atoms with van der Waals surface area (Å²) >= 11 is 0. The summed E-state index contributed by atoms with van der Waals surface area (Å²) in [4.78, 5) is 11.2. The van der Waals surface area contributed by atoms with Crippen molar-refractivity contribution < 1.29 is 36.2 Å². The molecule has 0 aromatic heterocycles. The van der Waals surface area contributed by atoms with Crippen LogP contribution < -0.4 is 5.32 Å². The Bertz CT molecular complexity index is 466. The van der Waals surface area contributed by atoms with E-state index in [0.717, 1.165) is 12.1 Å². The number of nitrogens with one attached hydrogen (secondary N) is 1. The number of benzene rings is 1.